The van der Waals surface area contributed by atoms with Crippen LogP contribution in [0.2, 0.25) is 0 Å². The second-order valence-corrected chi connectivity index (χ2v) is 7.54. The number of benzene rings is 2. The second kappa shape index (κ2) is 6.87. The summed E-state index contributed by atoms with van der Waals surface area (Å²) in [5.74, 6) is -0.0768. The molecule has 1 atom stereocenters. The van der Waals surface area contributed by atoms with Crippen molar-refractivity contribution in [3.8, 4) is 5.69 Å². The van der Waals surface area contributed by atoms with Gasteiger partial charge in [-0.2, -0.15) is 5.10 Å². The summed E-state index contributed by atoms with van der Waals surface area (Å²) < 4.78 is 1.88. The number of thiocarbonyl (C=S) groups is 1. The first-order valence-corrected chi connectivity index (χ1v) is 9.62. The number of amides is 1. The zero-order valence-electron chi connectivity index (χ0n) is 16.4. The molecule has 1 fully saturated rings. The van der Waals surface area contributed by atoms with Crippen molar-refractivity contribution in [1.29, 1.82) is 0 Å². The largest absolute Gasteiger partial charge is 0.346 e. The lowest BCUT2D eigenvalue weighted by Crippen LogP contribution is -2.30. The van der Waals surface area contributed by atoms with Gasteiger partial charge in [0.1, 0.15) is 6.04 Å². The Morgan fingerprint density at radius 2 is 1.68 bits per heavy atom. The number of rotatable bonds is 3. The fourth-order valence-electron chi connectivity index (χ4n) is 3.68. The van der Waals surface area contributed by atoms with E-state index in [4.69, 9.17) is 12.2 Å². The van der Waals surface area contributed by atoms with Crippen LogP contribution in [0.4, 0.5) is 5.69 Å². The van der Waals surface area contributed by atoms with Gasteiger partial charge in [0.2, 0.25) is 0 Å². The van der Waals surface area contributed by atoms with Crippen LogP contribution in [-0.4, -0.2) is 20.8 Å². The third-order valence-corrected chi connectivity index (χ3v) is 5.62. The normalized spacial score (nSPS) is 16.6. The van der Waals surface area contributed by atoms with Gasteiger partial charge in [-0.3, -0.25) is 9.69 Å². The van der Waals surface area contributed by atoms with Crippen molar-refractivity contribution < 1.29 is 4.79 Å². The van der Waals surface area contributed by atoms with E-state index in [0.29, 0.717) is 5.11 Å². The number of nitrogens with one attached hydrogen (secondary N) is 1. The van der Waals surface area contributed by atoms with E-state index >= 15 is 0 Å². The number of aryl methyl sites for hydroxylation is 3. The number of carbonyl (C=O) groups excluding carboxylic acids is 1. The first-order valence-electron chi connectivity index (χ1n) is 9.21. The number of carbonyl (C=O) groups is 1. The molecule has 1 N–H and O–H groups in total. The van der Waals surface area contributed by atoms with Crippen LogP contribution < -0.4 is 10.2 Å². The molecule has 4 rings (SSSR count). The summed E-state index contributed by atoms with van der Waals surface area (Å²) in [6.07, 6.45) is 0. The molecular weight excluding hydrogens is 368 g/mol. The quantitative estimate of drug-likeness (QED) is 0.685. The van der Waals surface area contributed by atoms with Crippen LogP contribution in [0, 0.1) is 27.7 Å². The Morgan fingerprint density at radius 1 is 0.964 bits per heavy atom. The Morgan fingerprint density at radius 3 is 2.36 bits per heavy atom. The molecule has 5 nitrogen and oxygen atoms in total. The van der Waals surface area contributed by atoms with Gasteiger partial charge < -0.3 is 5.32 Å². The molecule has 1 amide bonds. The molecule has 1 aliphatic rings. The van der Waals surface area contributed by atoms with E-state index in [1.54, 1.807) is 4.90 Å². The summed E-state index contributed by atoms with van der Waals surface area (Å²) >= 11 is 5.51. The van der Waals surface area contributed by atoms with Crippen molar-refractivity contribution in [3.63, 3.8) is 0 Å². The van der Waals surface area contributed by atoms with E-state index < -0.39 is 6.04 Å². The third-order valence-electron chi connectivity index (χ3n) is 5.32. The minimum atomic E-state index is -0.536. The van der Waals surface area contributed by atoms with E-state index in [1.165, 1.54) is 5.56 Å². The highest BCUT2D eigenvalue weighted by molar-refractivity contribution is 7.80. The summed E-state index contributed by atoms with van der Waals surface area (Å²) in [6.45, 7) is 8.00. The molecule has 6 heteroatoms. The molecule has 0 aliphatic carbocycles. The van der Waals surface area contributed by atoms with Crippen LogP contribution in [0.5, 0.6) is 0 Å². The van der Waals surface area contributed by atoms with Crippen LogP contribution in [0.25, 0.3) is 5.69 Å². The molecule has 0 spiro atoms. The lowest BCUT2D eigenvalue weighted by molar-refractivity contribution is -0.118. The Hall–Kier alpha value is -2.99. The molecule has 0 saturated carbocycles. The van der Waals surface area contributed by atoms with Crippen LogP contribution in [0.3, 0.4) is 0 Å². The predicted octanol–water partition coefficient (Wildman–Crippen LogP) is 4.07. The lowest BCUT2D eigenvalue weighted by Gasteiger charge is -2.16. The number of hydrogen-bond acceptors (Lipinski definition) is 3. The molecule has 2 heterocycles. The van der Waals surface area contributed by atoms with Crippen LogP contribution in [0.15, 0.2) is 48.5 Å². The number of para-hydroxylation sites is 1. The van der Waals surface area contributed by atoms with Gasteiger partial charge in [0.25, 0.3) is 5.91 Å². The van der Waals surface area contributed by atoms with E-state index in [2.05, 4.69) is 17.3 Å². The summed E-state index contributed by atoms with van der Waals surface area (Å²) in [7, 11) is 0. The second-order valence-electron chi connectivity index (χ2n) is 7.16. The maximum Gasteiger partial charge on any atom is 0.260 e. The summed E-state index contributed by atoms with van der Waals surface area (Å²) in [5, 5.41) is 8.30. The highest BCUT2D eigenvalue weighted by Gasteiger charge is 2.40. The smallest absolute Gasteiger partial charge is 0.260 e. The number of anilines is 1. The van der Waals surface area contributed by atoms with Crippen molar-refractivity contribution in [2.45, 2.75) is 33.7 Å². The minimum absolute atomic E-state index is 0.0768. The fourth-order valence-corrected chi connectivity index (χ4v) is 3.99. The fraction of sp³-hybridized carbons (Fsp3) is 0.227. The summed E-state index contributed by atoms with van der Waals surface area (Å²) in [6, 6.07) is 15.3. The molecule has 0 radical (unpaired) electrons. The number of hydrogen-bond donors (Lipinski definition) is 1. The van der Waals surface area contributed by atoms with Crippen LogP contribution in [-0.2, 0) is 4.79 Å². The molecule has 1 aliphatic heterocycles. The first kappa shape index (κ1) is 18.4. The number of nitrogens with zero attached hydrogens (tertiary/aromatic N) is 3. The lowest BCUT2D eigenvalue weighted by atomic mass is 10.0. The first-order chi connectivity index (χ1) is 13.4. The predicted molar refractivity (Wildman–Crippen MR) is 115 cm³/mol. The minimum Gasteiger partial charge on any atom is -0.346 e. The van der Waals surface area contributed by atoms with Gasteiger partial charge in [0.05, 0.1) is 17.1 Å². The molecule has 0 bridgehead atoms. The van der Waals surface area contributed by atoms with Gasteiger partial charge in [-0.25, -0.2) is 4.68 Å². The molecule has 28 heavy (non-hydrogen) atoms. The van der Waals surface area contributed by atoms with E-state index in [9.17, 15) is 4.79 Å². The molecular formula is C22H22N4OS. The van der Waals surface area contributed by atoms with E-state index in [0.717, 1.165) is 33.9 Å². The van der Waals surface area contributed by atoms with E-state index in [1.807, 2.05) is 74.0 Å². The summed E-state index contributed by atoms with van der Waals surface area (Å²) in [4.78, 5) is 14.9. The van der Waals surface area contributed by atoms with Crippen LogP contribution in [0.1, 0.15) is 34.1 Å². The molecule has 3 aromatic rings. The Bertz CT molecular complexity index is 1090. The standard InChI is InChI=1S/C22H22N4OS/c1-13-10-11-18(12-14(13)2)25-21(27)20(23-22(25)28)19-15(3)24-26(16(19)4)17-8-6-5-7-9-17/h5-12,20H,1-4H3,(H,23,28)/t20-/m1/s1. The summed E-state index contributed by atoms with van der Waals surface area (Å²) in [5.41, 5.74) is 6.69. The van der Waals surface area contributed by atoms with Gasteiger partial charge in [0, 0.05) is 11.3 Å². The van der Waals surface area contributed by atoms with Crippen molar-refractivity contribution in [2.24, 2.45) is 0 Å². The van der Waals surface area contributed by atoms with Gasteiger partial charge >= 0.3 is 0 Å². The zero-order valence-corrected chi connectivity index (χ0v) is 17.2. The molecule has 1 saturated heterocycles. The van der Waals surface area contributed by atoms with Crippen molar-refractivity contribution in [3.05, 3.63) is 76.6 Å². The topological polar surface area (TPSA) is 50.2 Å². The van der Waals surface area contributed by atoms with Crippen LogP contribution >= 0.6 is 12.2 Å². The maximum absolute atomic E-state index is 13.3. The highest BCUT2D eigenvalue weighted by Crippen LogP contribution is 2.32. The zero-order chi connectivity index (χ0) is 20.0. The van der Waals surface area contributed by atoms with Crippen molar-refractivity contribution in [1.82, 2.24) is 15.1 Å². The van der Waals surface area contributed by atoms with Gasteiger partial charge in [-0.1, -0.05) is 24.3 Å². The third kappa shape index (κ3) is 2.90. The van der Waals surface area contributed by atoms with Gasteiger partial charge in [0.15, 0.2) is 5.11 Å². The Labute approximate surface area is 170 Å². The van der Waals surface area contributed by atoms with Gasteiger partial charge in [-0.15, -0.1) is 0 Å². The average molecular weight is 391 g/mol. The SMILES string of the molecule is Cc1ccc(N2C(=O)[C@@H](c3c(C)nn(-c4ccccc4)c3C)NC2=S)cc1C. The Kier molecular flexibility index (Phi) is 4.51. The average Bonchev–Trinajstić information content (AvgIpc) is 3.13. The van der Waals surface area contributed by atoms with E-state index in [-0.39, 0.29) is 5.91 Å². The molecule has 2 aromatic carbocycles. The highest BCUT2D eigenvalue weighted by atomic mass is 32.1. The molecule has 142 valence electrons. The van der Waals surface area contributed by atoms with Crippen molar-refractivity contribution in [2.75, 3.05) is 4.90 Å². The molecule has 0 unspecified atom stereocenters. The maximum atomic E-state index is 13.3. The Balaban J connectivity index is 1.73. The monoisotopic (exact) mass is 390 g/mol. The molecule has 1 aromatic heterocycles. The number of aromatic nitrogens is 2. The van der Waals surface area contributed by atoms with Crippen molar-refractivity contribution >= 4 is 28.9 Å². The van der Waals surface area contributed by atoms with Gasteiger partial charge in [-0.05, 0) is 75.3 Å².